The molecule has 1 N–H and O–H groups in total. The van der Waals surface area contributed by atoms with Gasteiger partial charge in [-0.3, -0.25) is 9.69 Å². The van der Waals surface area contributed by atoms with E-state index in [-0.39, 0.29) is 36.8 Å². The molecular formula is C37H44F2N2O5. The Morgan fingerprint density at radius 1 is 1.07 bits per heavy atom. The Morgan fingerprint density at radius 2 is 1.76 bits per heavy atom. The maximum Gasteiger partial charge on any atom is 0.338 e. The number of halogens is 2. The number of alkyl halides is 1. The number of benzene rings is 3. The third-order valence-electron chi connectivity index (χ3n) is 8.99. The lowest BCUT2D eigenvalue weighted by atomic mass is 9.64. The van der Waals surface area contributed by atoms with Crippen LogP contribution in [-0.4, -0.2) is 62.1 Å². The first-order chi connectivity index (χ1) is 21.9. The van der Waals surface area contributed by atoms with Gasteiger partial charge >= 0.3 is 5.97 Å². The summed E-state index contributed by atoms with van der Waals surface area (Å²) in [5.74, 6) is -2.98. The summed E-state index contributed by atoms with van der Waals surface area (Å²) in [6, 6.07) is 16.8. The average Bonchev–Trinajstić information content (AvgIpc) is 3.04. The first-order valence-corrected chi connectivity index (χ1v) is 15.7. The fourth-order valence-electron chi connectivity index (χ4n) is 5.98. The van der Waals surface area contributed by atoms with Gasteiger partial charge in [0.1, 0.15) is 18.2 Å². The predicted molar refractivity (Wildman–Crippen MR) is 174 cm³/mol. The highest BCUT2D eigenvalue weighted by atomic mass is 19.2. The van der Waals surface area contributed by atoms with E-state index in [1.54, 1.807) is 38.1 Å². The van der Waals surface area contributed by atoms with Crippen molar-refractivity contribution >= 4 is 18.0 Å². The van der Waals surface area contributed by atoms with Gasteiger partial charge in [-0.25, -0.2) is 9.18 Å². The molecular weight excluding hydrogens is 590 g/mol. The van der Waals surface area contributed by atoms with E-state index in [4.69, 9.17) is 19.6 Å². The number of ketones is 1. The molecule has 246 valence electrons. The predicted octanol–water partition coefficient (Wildman–Crippen LogP) is 7.68. The molecule has 0 amide bonds. The number of ether oxygens (including phenoxy) is 3. The molecule has 0 aromatic heterocycles. The summed E-state index contributed by atoms with van der Waals surface area (Å²) < 4.78 is 44.1. The number of nitrogens with zero attached hydrogens (tertiary/aromatic N) is 1. The van der Waals surface area contributed by atoms with Crippen molar-refractivity contribution in [2.45, 2.75) is 65.3 Å². The van der Waals surface area contributed by atoms with Crippen LogP contribution in [0.1, 0.15) is 88.9 Å². The molecule has 1 heterocycles. The number of nitrogens with one attached hydrogen (secondary N) is 1. The summed E-state index contributed by atoms with van der Waals surface area (Å²) in [5, 5.41) is 8.08. The van der Waals surface area contributed by atoms with Crippen LogP contribution < -0.4 is 4.74 Å². The van der Waals surface area contributed by atoms with Gasteiger partial charge in [-0.2, -0.15) is 4.39 Å². The van der Waals surface area contributed by atoms with Gasteiger partial charge < -0.3 is 19.6 Å². The van der Waals surface area contributed by atoms with E-state index in [9.17, 15) is 18.4 Å². The van der Waals surface area contributed by atoms with Crippen molar-refractivity contribution in [3.63, 3.8) is 0 Å². The van der Waals surface area contributed by atoms with Crippen molar-refractivity contribution in [2.75, 3.05) is 33.4 Å². The Balaban J connectivity index is 1.64. The molecule has 0 saturated carbocycles. The molecule has 1 aliphatic heterocycles. The maximum absolute atomic E-state index is 14.6. The fourth-order valence-corrected chi connectivity index (χ4v) is 5.98. The number of rotatable bonds is 14. The van der Waals surface area contributed by atoms with Crippen molar-refractivity contribution in [3.8, 4) is 5.75 Å². The highest BCUT2D eigenvalue weighted by molar-refractivity contribution is 6.08. The van der Waals surface area contributed by atoms with E-state index in [2.05, 4.69) is 11.8 Å². The minimum absolute atomic E-state index is 0.0909. The van der Waals surface area contributed by atoms with Gasteiger partial charge in [0, 0.05) is 44.3 Å². The number of esters is 1. The van der Waals surface area contributed by atoms with Gasteiger partial charge in [-0.05, 0) is 91.4 Å². The van der Waals surface area contributed by atoms with Crippen LogP contribution in [-0.2, 0) is 16.0 Å². The topological polar surface area (TPSA) is 88.9 Å². The van der Waals surface area contributed by atoms with Crippen LogP contribution in [0.3, 0.4) is 0 Å². The standard InChI is InChI=1S/C37H44F2N2O5/c1-6-37(4,39)46-30-11-8-27(9-12-30)33(34(42)31-13-10-28(22-29(31)23-40)35(43)45-20-19-44-5)36(3)15-17-41(18-16-36)24-26-7-14-32(38)25(2)21-26/h7-14,21-23,33,40H,6,15-20,24H2,1-5H3. The normalized spacial score (nSPS) is 16.7. The summed E-state index contributed by atoms with van der Waals surface area (Å²) in [7, 11) is 1.51. The number of hydrogen-bond donors (Lipinski definition) is 1. The second-order valence-corrected chi connectivity index (χ2v) is 12.5. The number of Topliss-reactive ketones (excluding diaryl/α,β-unsaturated/α-hetero) is 1. The Hall–Kier alpha value is -3.95. The molecule has 0 aliphatic carbocycles. The highest BCUT2D eigenvalue weighted by Gasteiger charge is 2.43. The number of methoxy groups -OCH3 is 1. The summed E-state index contributed by atoms with van der Waals surface area (Å²) in [5.41, 5.74) is 2.85. The van der Waals surface area contributed by atoms with Gasteiger partial charge in [-0.15, -0.1) is 0 Å². The molecule has 1 fully saturated rings. The number of aryl methyl sites for hydroxylation is 1. The van der Waals surface area contributed by atoms with E-state index in [1.807, 2.05) is 24.3 Å². The van der Waals surface area contributed by atoms with Crippen LogP contribution in [0.2, 0.25) is 0 Å². The SMILES string of the molecule is CCC(C)(F)Oc1ccc(C(C(=O)c2ccc(C(=O)OCCOC)cc2C=N)C2(C)CCN(Cc3ccc(F)c(C)c3)CC2)cc1. The van der Waals surface area contributed by atoms with Crippen LogP contribution in [0.25, 0.3) is 0 Å². The van der Waals surface area contributed by atoms with E-state index in [1.165, 1.54) is 26.2 Å². The molecule has 3 aromatic carbocycles. The number of hydrogen-bond acceptors (Lipinski definition) is 7. The number of carbonyl (C=O) groups is 2. The quantitative estimate of drug-likeness (QED) is 0.0847. The van der Waals surface area contributed by atoms with Crippen LogP contribution in [0.15, 0.2) is 60.7 Å². The minimum atomic E-state index is -1.82. The minimum Gasteiger partial charge on any atom is -0.460 e. The number of piperidine rings is 1. The first-order valence-electron chi connectivity index (χ1n) is 15.7. The van der Waals surface area contributed by atoms with Gasteiger partial charge in [0.25, 0.3) is 0 Å². The van der Waals surface area contributed by atoms with Gasteiger partial charge in [-0.1, -0.05) is 38.1 Å². The zero-order chi connectivity index (χ0) is 33.5. The van der Waals surface area contributed by atoms with Gasteiger partial charge in [0.05, 0.1) is 18.1 Å². The third kappa shape index (κ3) is 8.44. The second-order valence-electron chi connectivity index (χ2n) is 12.5. The smallest absolute Gasteiger partial charge is 0.338 e. The maximum atomic E-state index is 14.6. The van der Waals surface area contributed by atoms with Crippen molar-refractivity contribution in [1.29, 1.82) is 5.41 Å². The fraction of sp³-hybridized carbons (Fsp3) is 0.432. The van der Waals surface area contributed by atoms with Crippen LogP contribution in [0.4, 0.5) is 8.78 Å². The lowest BCUT2D eigenvalue weighted by Crippen LogP contribution is -2.43. The van der Waals surface area contributed by atoms with Gasteiger partial charge in [0.15, 0.2) is 5.78 Å². The Morgan fingerprint density at radius 3 is 2.37 bits per heavy atom. The third-order valence-corrected chi connectivity index (χ3v) is 8.99. The van der Waals surface area contributed by atoms with Crippen molar-refractivity contribution in [2.24, 2.45) is 5.41 Å². The summed E-state index contributed by atoms with van der Waals surface area (Å²) in [6.07, 6.45) is 2.69. The highest BCUT2D eigenvalue weighted by Crippen LogP contribution is 2.47. The summed E-state index contributed by atoms with van der Waals surface area (Å²) >= 11 is 0. The Bertz CT molecular complexity index is 1530. The van der Waals surface area contributed by atoms with E-state index in [0.29, 0.717) is 41.8 Å². The molecule has 2 unspecified atom stereocenters. The molecule has 7 nitrogen and oxygen atoms in total. The second kappa shape index (κ2) is 15.1. The monoisotopic (exact) mass is 634 g/mol. The zero-order valence-corrected chi connectivity index (χ0v) is 27.3. The van der Waals surface area contributed by atoms with Crippen LogP contribution >= 0.6 is 0 Å². The zero-order valence-electron chi connectivity index (χ0n) is 27.3. The van der Waals surface area contributed by atoms with Crippen molar-refractivity contribution in [3.05, 3.63) is 99.9 Å². The van der Waals surface area contributed by atoms with Gasteiger partial charge in [0.2, 0.25) is 5.85 Å². The largest absolute Gasteiger partial charge is 0.460 e. The average molecular weight is 635 g/mol. The first kappa shape index (κ1) is 34.9. The lowest BCUT2D eigenvalue weighted by Gasteiger charge is -2.44. The van der Waals surface area contributed by atoms with E-state index in [0.717, 1.165) is 30.4 Å². The lowest BCUT2D eigenvalue weighted by molar-refractivity contribution is -0.0471. The molecule has 0 bridgehead atoms. The molecule has 3 aromatic rings. The van der Waals surface area contributed by atoms with Crippen molar-refractivity contribution in [1.82, 2.24) is 4.90 Å². The summed E-state index contributed by atoms with van der Waals surface area (Å²) in [4.78, 5) is 29.4. The summed E-state index contributed by atoms with van der Waals surface area (Å²) in [6.45, 7) is 9.46. The molecule has 4 rings (SSSR count). The Labute approximate surface area is 270 Å². The molecule has 46 heavy (non-hydrogen) atoms. The molecule has 2 atom stereocenters. The molecule has 1 saturated heterocycles. The molecule has 0 radical (unpaired) electrons. The molecule has 0 spiro atoms. The molecule has 1 aliphatic rings. The molecule has 9 heteroatoms. The number of likely N-dealkylation sites (tertiary alicyclic amines) is 1. The Kier molecular flexibility index (Phi) is 11.5. The van der Waals surface area contributed by atoms with E-state index < -0.39 is 23.2 Å². The number of carbonyl (C=O) groups excluding carboxylic acids is 2. The van der Waals surface area contributed by atoms with E-state index >= 15 is 0 Å². The van der Waals surface area contributed by atoms with Crippen molar-refractivity contribution < 1.29 is 32.6 Å². The van der Waals surface area contributed by atoms with Crippen LogP contribution in [0, 0.1) is 23.6 Å². The van der Waals surface area contributed by atoms with Crippen LogP contribution in [0.5, 0.6) is 5.75 Å².